The summed E-state index contributed by atoms with van der Waals surface area (Å²) in [7, 11) is 2.21. The Morgan fingerprint density at radius 2 is 1.78 bits per heavy atom. The Labute approximate surface area is 161 Å². The van der Waals surface area contributed by atoms with E-state index < -0.39 is 0 Å². The highest BCUT2D eigenvalue weighted by molar-refractivity contribution is 5.88. The van der Waals surface area contributed by atoms with E-state index in [1.54, 1.807) is 0 Å². The second-order valence-corrected chi connectivity index (χ2v) is 7.52. The molecule has 4 nitrogen and oxygen atoms in total. The highest BCUT2D eigenvalue weighted by Crippen LogP contribution is 2.28. The minimum Gasteiger partial charge on any atom is -0.487 e. The minimum absolute atomic E-state index is 0.595. The van der Waals surface area contributed by atoms with Gasteiger partial charge in [0.05, 0.1) is 5.52 Å². The zero-order valence-electron chi connectivity index (χ0n) is 16.2. The van der Waals surface area contributed by atoms with E-state index in [1.165, 1.54) is 55.7 Å². The molecular formula is C23H29N3O. The molecule has 0 spiro atoms. The lowest BCUT2D eigenvalue weighted by Gasteiger charge is -2.32. The third-order valence-electron chi connectivity index (χ3n) is 5.52. The number of ether oxygens (including phenoxy) is 1. The summed E-state index contributed by atoms with van der Waals surface area (Å²) in [6, 6.07) is 16.7. The van der Waals surface area contributed by atoms with Gasteiger partial charge in [-0.2, -0.15) is 0 Å². The Kier molecular flexibility index (Phi) is 5.75. The van der Waals surface area contributed by atoms with Gasteiger partial charge in [-0.15, -0.1) is 0 Å². The molecule has 2 heterocycles. The molecule has 0 atom stereocenters. The van der Waals surface area contributed by atoms with Crippen molar-refractivity contribution < 1.29 is 4.74 Å². The summed E-state index contributed by atoms with van der Waals surface area (Å²) in [5.74, 6) is 0.932. The van der Waals surface area contributed by atoms with Gasteiger partial charge >= 0.3 is 0 Å². The molecule has 142 valence electrons. The number of hydrogen-bond donors (Lipinski definition) is 1. The summed E-state index contributed by atoms with van der Waals surface area (Å²) in [6.45, 7) is 6.55. The lowest BCUT2D eigenvalue weighted by Crippen LogP contribution is -2.44. The molecule has 0 amide bonds. The number of fused-ring (bicyclic) bond motifs is 1. The number of rotatable bonds is 7. The van der Waals surface area contributed by atoms with Gasteiger partial charge in [0.15, 0.2) is 0 Å². The molecule has 3 aromatic rings. The van der Waals surface area contributed by atoms with Gasteiger partial charge in [-0.25, -0.2) is 0 Å². The fourth-order valence-corrected chi connectivity index (χ4v) is 3.81. The first-order valence-corrected chi connectivity index (χ1v) is 9.96. The summed E-state index contributed by atoms with van der Waals surface area (Å²) in [4.78, 5) is 8.44. The third-order valence-corrected chi connectivity index (χ3v) is 5.52. The van der Waals surface area contributed by atoms with Crippen LogP contribution >= 0.6 is 0 Å². The van der Waals surface area contributed by atoms with Gasteiger partial charge in [-0.05, 0) is 43.6 Å². The largest absolute Gasteiger partial charge is 0.487 e. The van der Waals surface area contributed by atoms with Gasteiger partial charge < -0.3 is 19.5 Å². The van der Waals surface area contributed by atoms with Crippen LogP contribution in [0.15, 0.2) is 54.7 Å². The van der Waals surface area contributed by atoms with Crippen LogP contribution in [0.5, 0.6) is 5.75 Å². The first-order chi connectivity index (χ1) is 13.3. The highest BCUT2D eigenvalue weighted by atomic mass is 16.5. The molecule has 0 unspecified atom stereocenters. The lowest BCUT2D eigenvalue weighted by molar-refractivity contribution is 0.153. The summed E-state index contributed by atoms with van der Waals surface area (Å²) in [5.41, 5.74) is 3.70. The van der Waals surface area contributed by atoms with E-state index in [2.05, 4.69) is 58.4 Å². The first kappa shape index (κ1) is 18.1. The van der Waals surface area contributed by atoms with Gasteiger partial charge in [0, 0.05) is 37.8 Å². The molecule has 1 N–H and O–H groups in total. The Morgan fingerprint density at radius 3 is 2.59 bits per heavy atom. The van der Waals surface area contributed by atoms with Crippen LogP contribution < -0.4 is 4.74 Å². The van der Waals surface area contributed by atoms with Crippen LogP contribution in [-0.4, -0.2) is 54.6 Å². The Balaban J connectivity index is 1.37. The van der Waals surface area contributed by atoms with Crippen LogP contribution in [0.3, 0.4) is 0 Å². The molecule has 1 saturated heterocycles. The number of hydrogen-bond acceptors (Lipinski definition) is 3. The second-order valence-electron chi connectivity index (χ2n) is 7.52. The normalized spacial score (nSPS) is 16.0. The molecule has 1 aliphatic heterocycles. The van der Waals surface area contributed by atoms with Crippen molar-refractivity contribution in [2.24, 2.45) is 0 Å². The van der Waals surface area contributed by atoms with Crippen LogP contribution in [0.25, 0.3) is 10.9 Å². The van der Waals surface area contributed by atoms with Gasteiger partial charge in [0.25, 0.3) is 0 Å². The molecule has 2 aromatic carbocycles. The molecule has 0 radical (unpaired) electrons. The van der Waals surface area contributed by atoms with Crippen molar-refractivity contribution in [3.8, 4) is 5.75 Å². The maximum Gasteiger partial charge on any atom is 0.143 e. The minimum atomic E-state index is 0.595. The van der Waals surface area contributed by atoms with E-state index in [9.17, 15) is 0 Å². The number of aryl methyl sites for hydroxylation is 1. The van der Waals surface area contributed by atoms with Crippen LogP contribution in [0.4, 0.5) is 0 Å². The first-order valence-electron chi connectivity index (χ1n) is 9.96. The van der Waals surface area contributed by atoms with E-state index >= 15 is 0 Å². The zero-order chi connectivity index (χ0) is 18.5. The summed E-state index contributed by atoms with van der Waals surface area (Å²) in [6.07, 6.45) is 4.46. The molecule has 0 aliphatic carbocycles. The Bertz CT molecular complexity index is 850. The summed E-state index contributed by atoms with van der Waals surface area (Å²) in [5, 5.41) is 1.29. The van der Waals surface area contributed by atoms with E-state index in [1.807, 2.05) is 18.2 Å². The summed E-state index contributed by atoms with van der Waals surface area (Å²) < 4.78 is 6.08. The highest BCUT2D eigenvalue weighted by Gasteiger charge is 2.14. The number of aromatic amines is 1. The van der Waals surface area contributed by atoms with E-state index in [4.69, 9.17) is 4.74 Å². The number of aromatic nitrogens is 1. The number of benzene rings is 2. The number of nitrogens with one attached hydrogen (secondary N) is 1. The Morgan fingerprint density at radius 1 is 0.963 bits per heavy atom. The third kappa shape index (κ3) is 4.52. The molecule has 27 heavy (non-hydrogen) atoms. The van der Waals surface area contributed by atoms with Crippen molar-refractivity contribution in [1.82, 2.24) is 14.8 Å². The SMILES string of the molecule is CN1CCN(CCCc2c[nH]c3c(OCc4ccccc4)cccc23)CC1. The molecule has 1 aliphatic rings. The zero-order valence-corrected chi connectivity index (χ0v) is 16.2. The molecular weight excluding hydrogens is 334 g/mol. The van der Waals surface area contributed by atoms with Crippen LogP contribution in [0, 0.1) is 0 Å². The summed E-state index contributed by atoms with van der Waals surface area (Å²) >= 11 is 0. The molecule has 4 rings (SSSR count). The lowest BCUT2D eigenvalue weighted by atomic mass is 10.1. The van der Waals surface area contributed by atoms with E-state index in [-0.39, 0.29) is 0 Å². The van der Waals surface area contributed by atoms with Gasteiger partial charge in [0.2, 0.25) is 0 Å². The van der Waals surface area contributed by atoms with Crippen molar-refractivity contribution in [2.75, 3.05) is 39.8 Å². The predicted molar refractivity (Wildman–Crippen MR) is 111 cm³/mol. The van der Waals surface area contributed by atoms with E-state index in [0.717, 1.165) is 17.7 Å². The number of para-hydroxylation sites is 1. The van der Waals surface area contributed by atoms with Crippen molar-refractivity contribution in [2.45, 2.75) is 19.4 Å². The number of H-pyrrole nitrogens is 1. The maximum absolute atomic E-state index is 6.08. The van der Waals surface area contributed by atoms with Crippen LogP contribution in [0.2, 0.25) is 0 Å². The number of likely N-dealkylation sites (N-methyl/N-ethyl adjacent to an activating group) is 1. The fourth-order valence-electron chi connectivity index (χ4n) is 3.81. The smallest absolute Gasteiger partial charge is 0.143 e. The maximum atomic E-state index is 6.08. The quantitative estimate of drug-likeness (QED) is 0.690. The van der Waals surface area contributed by atoms with Crippen LogP contribution in [0.1, 0.15) is 17.5 Å². The van der Waals surface area contributed by atoms with E-state index in [0.29, 0.717) is 6.61 Å². The average molecular weight is 364 g/mol. The molecule has 0 saturated carbocycles. The number of nitrogens with zero attached hydrogens (tertiary/aromatic N) is 2. The molecule has 1 aromatic heterocycles. The van der Waals surface area contributed by atoms with Gasteiger partial charge in [-0.3, -0.25) is 0 Å². The van der Waals surface area contributed by atoms with Crippen molar-refractivity contribution in [1.29, 1.82) is 0 Å². The van der Waals surface area contributed by atoms with Gasteiger partial charge in [-0.1, -0.05) is 42.5 Å². The molecule has 1 fully saturated rings. The topological polar surface area (TPSA) is 31.5 Å². The van der Waals surface area contributed by atoms with Crippen LogP contribution in [-0.2, 0) is 13.0 Å². The Hall–Kier alpha value is -2.30. The standard InChI is InChI=1S/C23H29N3O/c1-25-13-15-26(16-14-25)12-6-9-20-17-24-23-21(20)10-5-11-22(23)27-18-19-7-3-2-4-8-19/h2-5,7-8,10-11,17,24H,6,9,12-16,18H2,1H3. The molecule has 4 heteroatoms. The van der Waals surface area contributed by atoms with Gasteiger partial charge in [0.1, 0.15) is 12.4 Å². The monoisotopic (exact) mass is 363 g/mol. The van der Waals surface area contributed by atoms with Crippen molar-refractivity contribution >= 4 is 10.9 Å². The number of piperazine rings is 1. The predicted octanol–water partition coefficient (Wildman–Crippen LogP) is 3.93. The van der Waals surface area contributed by atoms with Crippen molar-refractivity contribution in [3.63, 3.8) is 0 Å². The second kappa shape index (κ2) is 8.59. The van der Waals surface area contributed by atoms with Crippen molar-refractivity contribution in [3.05, 3.63) is 65.9 Å². The molecule has 0 bridgehead atoms. The average Bonchev–Trinajstić information content (AvgIpc) is 3.12. The fraction of sp³-hybridized carbons (Fsp3) is 0.391.